The maximum atomic E-state index is 8.83. The SMILES string of the molecule is CN(C)Cc1cccc(CN(C)CCN(C)CCCO)n1. The Morgan fingerprint density at radius 3 is 2.14 bits per heavy atom. The Morgan fingerprint density at radius 1 is 0.905 bits per heavy atom. The van der Waals surface area contributed by atoms with Gasteiger partial charge in [0.2, 0.25) is 0 Å². The smallest absolute Gasteiger partial charge is 0.0547 e. The Bertz CT molecular complexity index is 398. The van der Waals surface area contributed by atoms with Crippen LogP contribution >= 0.6 is 0 Å². The molecule has 1 rings (SSSR count). The third-order valence-corrected chi connectivity index (χ3v) is 3.34. The van der Waals surface area contributed by atoms with E-state index in [9.17, 15) is 0 Å². The van der Waals surface area contributed by atoms with Crippen molar-refractivity contribution in [3.63, 3.8) is 0 Å². The lowest BCUT2D eigenvalue weighted by Gasteiger charge is -2.21. The molecule has 0 spiro atoms. The minimum absolute atomic E-state index is 0.267. The number of aromatic nitrogens is 1. The van der Waals surface area contributed by atoms with E-state index in [1.807, 2.05) is 0 Å². The molecule has 21 heavy (non-hydrogen) atoms. The molecule has 0 atom stereocenters. The second-order valence-electron chi connectivity index (χ2n) is 5.98. The van der Waals surface area contributed by atoms with E-state index in [1.54, 1.807) is 0 Å². The fourth-order valence-corrected chi connectivity index (χ4v) is 2.18. The number of aliphatic hydroxyl groups is 1. The summed E-state index contributed by atoms with van der Waals surface area (Å²) in [6.45, 7) is 4.97. The number of pyridine rings is 1. The Morgan fingerprint density at radius 2 is 1.52 bits per heavy atom. The molecule has 1 N–H and O–H groups in total. The lowest BCUT2D eigenvalue weighted by Crippen LogP contribution is -2.31. The summed E-state index contributed by atoms with van der Waals surface area (Å²) in [6, 6.07) is 6.25. The van der Waals surface area contributed by atoms with Gasteiger partial charge in [0, 0.05) is 39.3 Å². The van der Waals surface area contributed by atoms with Crippen LogP contribution in [-0.4, -0.2) is 79.2 Å². The number of hydrogen-bond donors (Lipinski definition) is 1. The molecule has 5 nitrogen and oxygen atoms in total. The molecule has 120 valence electrons. The lowest BCUT2D eigenvalue weighted by atomic mass is 10.2. The van der Waals surface area contributed by atoms with Crippen molar-refractivity contribution in [2.45, 2.75) is 19.5 Å². The van der Waals surface area contributed by atoms with Crippen molar-refractivity contribution in [1.29, 1.82) is 0 Å². The van der Waals surface area contributed by atoms with Gasteiger partial charge in [0.05, 0.1) is 11.4 Å². The highest BCUT2D eigenvalue weighted by Gasteiger charge is 2.05. The van der Waals surface area contributed by atoms with Crippen molar-refractivity contribution >= 4 is 0 Å². The molecule has 0 amide bonds. The van der Waals surface area contributed by atoms with Gasteiger partial charge in [0.15, 0.2) is 0 Å². The van der Waals surface area contributed by atoms with Crippen molar-refractivity contribution in [1.82, 2.24) is 19.7 Å². The Kier molecular flexibility index (Phi) is 8.45. The first kappa shape index (κ1) is 18.0. The maximum Gasteiger partial charge on any atom is 0.0547 e. The van der Waals surface area contributed by atoms with Crippen LogP contribution in [0.4, 0.5) is 0 Å². The van der Waals surface area contributed by atoms with Crippen molar-refractivity contribution in [2.24, 2.45) is 0 Å². The highest BCUT2D eigenvalue weighted by Crippen LogP contribution is 2.04. The summed E-state index contributed by atoms with van der Waals surface area (Å²) in [6.07, 6.45) is 0.842. The molecule has 0 fully saturated rings. The van der Waals surface area contributed by atoms with Crippen molar-refractivity contribution in [3.05, 3.63) is 29.6 Å². The molecule has 0 aliphatic heterocycles. The maximum absolute atomic E-state index is 8.83. The standard InChI is InChI=1S/C16H30N4O/c1-18(2)13-15-7-5-8-16(17-15)14-20(4)11-10-19(3)9-6-12-21/h5,7-8,21H,6,9-14H2,1-4H3. The van der Waals surface area contributed by atoms with Gasteiger partial charge in [-0.25, -0.2) is 0 Å². The first-order valence-corrected chi connectivity index (χ1v) is 7.58. The molecule has 0 saturated carbocycles. The molecule has 1 aromatic rings. The Balaban J connectivity index is 2.38. The van der Waals surface area contributed by atoms with Crippen LogP contribution in [0, 0.1) is 0 Å². The van der Waals surface area contributed by atoms with Gasteiger partial charge in [-0.2, -0.15) is 0 Å². The summed E-state index contributed by atoms with van der Waals surface area (Å²) in [5, 5.41) is 8.83. The number of likely N-dealkylation sites (N-methyl/N-ethyl adjacent to an activating group) is 2. The molecule has 0 radical (unpaired) electrons. The molecule has 0 bridgehead atoms. The predicted molar refractivity (Wildman–Crippen MR) is 87.2 cm³/mol. The van der Waals surface area contributed by atoms with Gasteiger partial charge < -0.3 is 14.9 Å². The molecular formula is C16H30N4O. The van der Waals surface area contributed by atoms with E-state index >= 15 is 0 Å². The third kappa shape index (κ3) is 8.12. The van der Waals surface area contributed by atoms with Crippen LogP contribution in [0.3, 0.4) is 0 Å². The van der Waals surface area contributed by atoms with E-state index < -0.39 is 0 Å². The summed E-state index contributed by atoms with van der Waals surface area (Å²) in [4.78, 5) is 11.4. The molecule has 1 aromatic heterocycles. The zero-order chi connectivity index (χ0) is 15.7. The second kappa shape index (κ2) is 9.84. The van der Waals surface area contributed by atoms with Crippen LogP contribution in [0.5, 0.6) is 0 Å². The van der Waals surface area contributed by atoms with Gasteiger partial charge in [-0.05, 0) is 46.7 Å². The number of nitrogens with zero attached hydrogens (tertiary/aromatic N) is 4. The monoisotopic (exact) mass is 294 g/mol. The molecule has 0 aromatic carbocycles. The Hall–Kier alpha value is -1.01. The van der Waals surface area contributed by atoms with Gasteiger partial charge >= 0.3 is 0 Å². The zero-order valence-corrected chi connectivity index (χ0v) is 13.9. The van der Waals surface area contributed by atoms with Crippen LogP contribution in [0.25, 0.3) is 0 Å². The third-order valence-electron chi connectivity index (χ3n) is 3.34. The number of hydrogen-bond acceptors (Lipinski definition) is 5. The molecule has 1 heterocycles. The summed E-state index contributed by atoms with van der Waals surface area (Å²) in [5.74, 6) is 0. The van der Waals surface area contributed by atoms with E-state index in [4.69, 9.17) is 10.1 Å². The molecule has 0 aliphatic carbocycles. The quantitative estimate of drug-likeness (QED) is 0.694. The van der Waals surface area contributed by atoms with E-state index in [1.165, 1.54) is 0 Å². The Labute approximate surface area is 129 Å². The largest absolute Gasteiger partial charge is 0.396 e. The van der Waals surface area contributed by atoms with E-state index in [-0.39, 0.29) is 6.61 Å². The van der Waals surface area contributed by atoms with Crippen LogP contribution in [-0.2, 0) is 13.1 Å². The average molecular weight is 294 g/mol. The number of aliphatic hydroxyl groups excluding tert-OH is 1. The van der Waals surface area contributed by atoms with Gasteiger partial charge in [-0.15, -0.1) is 0 Å². The summed E-state index contributed by atoms with van der Waals surface area (Å²) in [7, 11) is 8.34. The van der Waals surface area contributed by atoms with Gasteiger partial charge in [0.25, 0.3) is 0 Å². The first-order valence-electron chi connectivity index (χ1n) is 7.58. The molecule has 5 heteroatoms. The van der Waals surface area contributed by atoms with Gasteiger partial charge in [0.1, 0.15) is 0 Å². The van der Waals surface area contributed by atoms with Crippen molar-refractivity contribution in [2.75, 3.05) is 54.4 Å². The zero-order valence-electron chi connectivity index (χ0n) is 13.9. The fraction of sp³-hybridized carbons (Fsp3) is 0.688. The highest BCUT2D eigenvalue weighted by atomic mass is 16.3. The minimum atomic E-state index is 0.267. The summed E-state index contributed by atoms with van der Waals surface area (Å²) in [5.41, 5.74) is 2.24. The highest BCUT2D eigenvalue weighted by molar-refractivity contribution is 5.11. The van der Waals surface area contributed by atoms with Crippen LogP contribution < -0.4 is 0 Å². The minimum Gasteiger partial charge on any atom is -0.396 e. The van der Waals surface area contributed by atoms with E-state index in [2.05, 4.69) is 61.1 Å². The lowest BCUT2D eigenvalue weighted by molar-refractivity contribution is 0.222. The topological polar surface area (TPSA) is 42.8 Å². The predicted octanol–water partition coefficient (Wildman–Crippen LogP) is 0.889. The molecular weight excluding hydrogens is 264 g/mol. The molecule has 0 unspecified atom stereocenters. The van der Waals surface area contributed by atoms with Crippen LogP contribution in [0.2, 0.25) is 0 Å². The van der Waals surface area contributed by atoms with Crippen molar-refractivity contribution in [3.8, 4) is 0 Å². The van der Waals surface area contributed by atoms with Gasteiger partial charge in [-0.1, -0.05) is 6.07 Å². The van der Waals surface area contributed by atoms with Crippen molar-refractivity contribution < 1.29 is 5.11 Å². The van der Waals surface area contributed by atoms with E-state index in [0.717, 1.165) is 50.5 Å². The fourth-order valence-electron chi connectivity index (χ4n) is 2.18. The average Bonchev–Trinajstić information content (AvgIpc) is 2.42. The second-order valence-corrected chi connectivity index (χ2v) is 5.98. The first-order chi connectivity index (χ1) is 10.0. The summed E-state index contributed by atoms with van der Waals surface area (Å²) < 4.78 is 0. The van der Waals surface area contributed by atoms with E-state index in [0.29, 0.717) is 0 Å². The normalized spacial score (nSPS) is 11.8. The number of rotatable bonds is 10. The van der Waals surface area contributed by atoms with Crippen LogP contribution in [0.15, 0.2) is 18.2 Å². The summed E-state index contributed by atoms with van der Waals surface area (Å²) >= 11 is 0. The molecule has 0 aliphatic rings. The molecule has 0 saturated heterocycles. The van der Waals surface area contributed by atoms with Crippen LogP contribution in [0.1, 0.15) is 17.8 Å². The van der Waals surface area contributed by atoms with Gasteiger partial charge in [-0.3, -0.25) is 9.88 Å².